The number of allylic oxidation sites excluding steroid dienone is 16. The topological polar surface area (TPSA) is 78.9 Å². The summed E-state index contributed by atoms with van der Waals surface area (Å²) < 4.78 is 16.9. The Morgan fingerprint density at radius 1 is 0.284 bits per heavy atom. The van der Waals surface area contributed by atoms with Gasteiger partial charge in [0.25, 0.3) is 0 Å². The molecule has 74 heavy (non-hydrogen) atoms. The average molecular weight is 1030 g/mol. The largest absolute Gasteiger partial charge is 0.462 e. The predicted molar refractivity (Wildman–Crippen MR) is 320 cm³/mol. The number of unbranched alkanes of at least 4 members (excludes halogenated alkanes) is 29. The van der Waals surface area contributed by atoms with Crippen LogP contribution in [0.2, 0.25) is 0 Å². The molecular formula is C68H116O6. The molecule has 6 nitrogen and oxygen atoms in total. The van der Waals surface area contributed by atoms with Crippen molar-refractivity contribution in [3.8, 4) is 0 Å². The van der Waals surface area contributed by atoms with Gasteiger partial charge in [-0.3, -0.25) is 14.4 Å². The third kappa shape index (κ3) is 59.2. The highest BCUT2D eigenvalue weighted by Gasteiger charge is 2.19. The number of esters is 3. The van der Waals surface area contributed by atoms with Crippen molar-refractivity contribution in [1.82, 2.24) is 0 Å². The molecule has 0 heterocycles. The number of rotatable bonds is 56. The fourth-order valence-corrected chi connectivity index (χ4v) is 8.66. The van der Waals surface area contributed by atoms with Crippen LogP contribution in [0.1, 0.15) is 297 Å². The lowest BCUT2D eigenvalue weighted by atomic mass is 10.0. The highest BCUT2D eigenvalue weighted by molar-refractivity contribution is 5.71. The van der Waals surface area contributed by atoms with Gasteiger partial charge in [0.15, 0.2) is 6.10 Å². The SMILES string of the molecule is CC/C=C\C/C=C\C/C=C\C/C=C\C/C=C\C/C=C\CCCCC(=O)OC(COC(=O)CCCCCCC/C=C\C/C=C\CCC)COC(=O)CCCCCCCCCCCCCCCCCCCCCCCC. The second kappa shape index (κ2) is 61.9. The highest BCUT2D eigenvalue weighted by Crippen LogP contribution is 2.17. The van der Waals surface area contributed by atoms with E-state index in [1.807, 2.05) is 0 Å². The molecule has 0 saturated heterocycles. The van der Waals surface area contributed by atoms with Crippen LogP contribution in [0.5, 0.6) is 0 Å². The molecule has 0 aliphatic rings. The van der Waals surface area contributed by atoms with Crippen molar-refractivity contribution >= 4 is 17.9 Å². The zero-order chi connectivity index (χ0) is 53.6. The molecule has 424 valence electrons. The van der Waals surface area contributed by atoms with Crippen molar-refractivity contribution in [2.45, 2.75) is 303 Å². The molecular weight excluding hydrogens is 913 g/mol. The monoisotopic (exact) mass is 1030 g/mol. The summed E-state index contributed by atoms with van der Waals surface area (Å²) in [5, 5.41) is 0. The van der Waals surface area contributed by atoms with E-state index < -0.39 is 6.10 Å². The third-order valence-electron chi connectivity index (χ3n) is 13.3. The van der Waals surface area contributed by atoms with E-state index in [-0.39, 0.29) is 37.5 Å². The zero-order valence-corrected chi connectivity index (χ0v) is 48.6. The van der Waals surface area contributed by atoms with E-state index in [4.69, 9.17) is 14.2 Å². The maximum absolute atomic E-state index is 12.9. The lowest BCUT2D eigenvalue weighted by molar-refractivity contribution is -0.167. The Morgan fingerprint density at radius 2 is 0.554 bits per heavy atom. The van der Waals surface area contributed by atoms with E-state index in [1.54, 1.807) is 0 Å². The molecule has 0 aromatic rings. The Kier molecular flexibility index (Phi) is 58.8. The van der Waals surface area contributed by atoms with Gasteiger partial charge in [-0.2, -0.15) is 0 Å². The molecule has 0 spiro atoms. The van der Waals surface area contributed by atoms with Crippen LogP contribution in [0.3, 0.4) is 0 Å². The van der Waals surface area contributed by atoms with E-state index in [0.29, 0.717) is 19.3 Å². The second-order valence-corrected chi connectivity index (χ2v) is 20.6. The van der Waals surface area contributed by atoms with Gasteiger partial charge in [-0.25, -0.2) is 0 Å². The second-order valence-electron chi connectivity index (χ2n) is 20.6. The molecule has 0 aliphatic carbocycles. The van der Waals surface area contributed by atoms with Gasteiger partial charge < -0.3 is 14.2 Å². The van der Waals surface area contributed by atoms with Crippen LogP contribution in [0.4, 0.5) is 0 Å². The Hall–Kier alpha value is -3.67. The van der Waals surface area contributed by atoms with Crippen molar-refractivity contribution in [3.63, 3.8) is 0 Å². The third-order valence-corrected chi connectivity index (χ3v) is 13.3. The molecule has 0 aliphatic heterocycles. The quantitative estimate of drug-likeness (QED) is 0.0261. The zero-order valence-electron chi connectivity index (χ0n) is 48.6. The first-order valence-electron chi connectivity index (χ1n) is 31.2. The van der Waals surface area contributed by atoms with Crippen LogP contribution < -0.4 is 0 Å². The van der Waals surface area contributed by atoms with E-state index in [9.17, 15) is 14.4 Å². The summed E-state index contributed by atoms with van der Waals surface area (Å²) in [6.07, 6.45) is 82.7. The van der Waals surface area contributed by atoms with Crippen molar-refractivity contribution in [2.75, 3.05) is 13.2 Å². The number of hydrogen-bond acceptors (Lipinski definition) is 6. The Labute approximate surface area is 457 Å². The van der Waals surface area contributed by atoms with Crippen LogP contribution >= 0.6 is 0 Å². The molecule has 0 amide bonds. The average Bonchev–Trinajstić information content (AvgIpc) is 3.40. The fraction of sp³-hybridized carbons (Fsp3) is 0.721. The first-order valence-corrected chi connectivity index (χ1v) is 31.2. The van der Waals surface area contributed by atoms with Crippen molar-refractivity contribution in [1.29, 1.82) is 0 Å². The van der Waals surface area contributed by atoms with Gasteiger partial charge in [0.05, 0.1) is 0 Å². The molecule has 0 bridgehead atoms. The van der Waals surface area contributed by atoms with Gasteiger partial charge in [-0.15, -0.1) is 0 Å². The van der Waals surface area contributed by atoms with Crippen molar-refractivity contribution < 1.29 is 28.6 Å². The number of carbonyl (C=O) groups is 3. The van der Waals surface area contributed by atoms with Crippen molar-refractivity contribution in [3.05, 3.63) is 97.2 Å². The van der Waals surface area contributed by atoms with E-state index >= 15 is 0 Å². The maximum Gasteiger partial charge on any atom is 0.306 e. The molecule has 0 radical (unpaired) electrons. The maximum atomic E-state index is 12.9. The van der Waals surface area contributed by atoms with E-state index in [2.05, 4.69) is 118 Å². The highest BCUT2D eigenvalue weighted by atomic mass is 16.6. The summed E-state index contributed by atoms with van der Waals surface area (Å²) in [6.45, 7) is 6.44. The minimum atomic E-state index is -0.807. The van der Waals surface area contributed by atoms with E-state index in [0.717, 1.165) is 122 Å². The minimum absolute atomic E-state index is 0.0980. The first-order chi connectivity index (χ1) is 36.5. The van der Waals surface area contributed by atoms with E-state index in [1.165, 1.54) is 128 Å². The normalized spacial score (nSPS) is 12.7. The molecule has 0 aromatic heterocycles. The molecule has 6 heteroatoms. The molecule has 0 saturated carbocycles. The molecule has 1 unspecified atom stereocenters. The molecule has 0 fully saturated rings. The summed E-state index contributed by atoms with van der Waals surface area (Å²) in [5.41, 5.74) is 0. The van der Waals surface area contributed by atoms with Crippen LogP contribution in [0, 0.1) is 0 Å². The van der Waals surface area contributed by atoms with Gasteiger partial charge in [0, 0.05) is 19.3 Å². The molecule has 0 N–H and O–H groups in total. The van der Waals surface area contributed by atoms with Crippen LogP contribution in [0.25, 0.3) is 0 Å². The number of hydrogen-bond donors (Lipinski definition) is 0. The lowest BCUT2D eigenvalue weighted by Crippen LogP contribution is -2.30. The van der Waals surface area contributed by atoms with Gasteiger partial charge in [0.2, 0.25) is 0 Å². The van der Waals surface area contributed by atoms with Crippen LogP contribution in [-0.2, 0) is 28.6 Å². The molecule has 0 aromatic carbocycles. The van der Waals surface area contributed by atoms with Gasteiger partial charge >= 0.3 is 17.9 Å². The lowest BCUT2D eigenvalue weighted by Gasteiger charge is -2.18. The predicted octanol–water partition coefficient (Wildman–Crippen LogP) is 21.3. The smallest absolute Gasteiger partial charge is 0.306 e. The Balaban J connectivity index is 4.40. The van der Waals surface area contributed by atoms with Crippen LogP contribution in [-0.4, -0.2) is 37.2 Å². The standard InChI is InChI=1S/C68H116O6/c1-4-7-10-13-16-19-22-25-27-29-31-33-35-36-38-40-43-46-49-52-55-58-61-67(70)73-64-65(63-72-66(69)60-57-54-51-48-45-42-24-21-18-15-12-9-6-3)74-68(71)62-59-56-53-50-47-44-41-39-37-34-32-30-28-26-23-20-17-14-11-8-5-2/h8,11-12,15,17,20-21,24,26,28,32,34,39,41,47,50,65H,4-7,9-10,13-14,16,18-19,22-23,25,27,29-31,33,35-38,40,42-46,48-49,51-64H2,1-3H3/b11-8-,15-12-,20-17-,24-21-,28-26-,34-32-,41-39-,50-47-. The summed E-state index contributed by atoms with van der Waals surface area (Å²) >= 11 is 0. The fourth-order valence-electron chi connectivity index (χ4n) is 8.66. The minimum Gasteiger partial charge on any atom is -0.462 e. The number of carbonyl (C=O) groups excluding carboxylic acids is 3. The molecule has 1 atom stereocenters. The van der Waals surface area contributed by atoms with Gasteiger partial charge in [-0.1, -0.05) is 279 Å². The van der Waals surface area contributed by atoms with Gasteiger partial charge in [-0.05, 0) is 96.3 Å². The Morgan fingerprint density at radius 3 is 0.905 bits per heavy atom. The van der Waals surface area contributed by atoms with Gasteiger partial charge in [0.1, 0.15) is 13.2 Å². The summed E-state index contributed by atoms with van der Waals surface area (Å²) in [5.74, 6) is -0.948. The summed E-state index contributed by atoms with van der Waals surface area (Å²) in [7, 11) is 0. The summed E-state index contributed by atoms with van der Waals surface area (Å²) in [6, 6.07) is 0. The first kappa shape index (κ1) is 70.3. The summed E-state index contributed by atoms with van der Waals surface area (Å²) in [4.78, 5) is 38.2. The van der Waals surface area contributed by atoms with Crippen LogP contribution in [0.15, 0.2) is 97.2 Å². The van der Waals surface area contributed by atoms with Crippen molar-refractivity contribution in [2.24, 2.45) is 0 Å². The molecule has 0 rings (SSSR count). The Bertz CT molecular complexity index is 1460. The number of ether oxygens (including phenoxy) is 3.